The summed E-state index contributed by atoms with van der Waals surface area (Å²) in [6, 6.07) is 94.0. The van der Waals surface area contributed by atoms with Crippen LogP contribution in [0.25, 0.3) is 5.41 Å². The molecule has 0 saturated carbocycles. The van der Waals surface area contributed by atoms with Gasteiger partial charge in [0, 0.05) is 20.4 Å². The maximum Gasteiger partial charge on any atom is 0.673 e. The molecule has 0 aliphatic heterocycles. The van der Waals surface area contributed by atoms with Crippen LogP contribution in [0, 0.1) is 5.82 Å². The van der Waals surface area contributed by atoms with Crippen LogP contribution in [0.1, 0.15) is 5.56 Å². The van der Waals surface area contributed by atoms with E-state index in [0.717, 1.165) is 6.21 Å². The molecule has 78 heavy (non-hydrogen) atoms. The van der Waals surface area contributed by atoms with Crippen LogP contribution < -0.4 is 54.8 Å². The van der Waals surface area contributed by atoms with Crippen LogP contribution >= 0.6 is 78.1 Å². The standard InChI is InChI=1S/2C26H24P2.C7H5FN.2CH2Cl2.BF4.ClH.Re/c2*1-5-13-23(14-6-1)27(24-15-7-2-8-16-24)21-22-28(25-17-9-3-10-18-25)26-19-11-4-12-20-26;8-7-3-1-6(5-9)2-4-7;2*2-1-3;2-1(3,4)5;;/h2*1-20H,21-22H2;1-5H;2*1H2;;1H;/q;;-1;;;-1;;/p-1. The molecule has 0 fully saturated rings. The van der Waals surface area contributed by atoms with E-state index < -0.39 is 7.25 Å². The molecule has 0 aliphatic rings. The Hall–Kier alpha value is -3.80. The first kappa shape index (κ1) is 70.3. The third kappa shape index (κ3) is 28.1. The summed E-state index contributed by atoms with van der Waals surface area (Å²) in [7, 11) is -7.39. The maximum absolute atomic E-state index is 12.1. The first-order chi connectivity index (χ1) is 37.0. The smallest absolute Gasteiger partial charge is 0.673 e. The molecule has 9 rings (SSSR count). The topological polar surface area (TPSA) is 22.3 Å². The normalized spacial score (nSPS) is 10.2. The Morgan fingerprint density at radius 1 is 0.321 bits per heavy atom. The van der Waals surface area contributed by atoms with Gasteiger partial charge in [-0.15, -0.1) is 46.4 Å². The van der Waals surface area contributed by atoms with Crippen molar-refractivity contribution in [3.05, 3.63) is 284 Å². The molecule has 17 heteroatoms. The molecule has 0 amide bonds. The zero-order valence-corrected chi connectivity index (χ0v) is 52.3. The Kier molecular flexibility index (Phi) is 37.9. The van der Waals surface area contributed by atoms with Gasteiger partial charge in [-0.2, -0.15) is 6.21 Å². The van der Waals surface area contributed by atoms with Crippen molar-refractivity contribution in [1.29, 1.82) is 0 Å². The molecule has 0 saturated heterocycles. The van der Waals surface area contributed by atoms with E-state index in [1.54, 1.807) is 0 Å². The number of benzene rings is 9. The zero-order chi connectivity index (χ0) is 54.6. The van der Waals surface area contributed by atoms with Crippen molar-refractivity contribution in [3.63, 3.8) is 0 Å². The second-order valence-corrected chi connectivity index (χ2v) is 26.6. The van der Waals surface area contributed by atoms with Gasteiger partial charge in [0.05, 0.1) is 10.7 Å². The Balaban J connectivity index is 0.000000389. The van der Waals surface area contributed by atoms with Crippen LogP contribution in [0.3, 0.4) is 0 Å². The Morgan fingerprint density at radius 2 is 0.462 bits per heavy atom. The van der Waals surface area contributed by atoms with E-state index in [1.165, 1.54) is 91.3 Å². The number of hydrogen-bond acceptors (Lipinski definition) is 0. The third-order valence-corrected chi connectivity index (χ3v) is 21.4. The zero-order valence-electron chi connectivity index (χ0n) is 42.2. The Morgan fingerprint density at radius 3 is 0.590 bits per heavy atom. The Bertz CT molecular complexity index is 2360. The minimum absolute atomic E-state index is 0. The van der Waals surface area contributed by atoms with Gasteiger partial charge in [-0.05, 0) is 116 Å². The molecule has 409 valence electrons. The first-order valence-electron chi connectivity index (χ1n) is 23.8. The van der Waals surface area contributed by atoms with E-state index in [2.05, 4.69) is 243 Å². The van der Waals surface area contributed by atoms with Gasteiger partial charge in [-0.1, -0.05) is 255 Å². The van der Waals surface area contributed by atoms with Crippen molar-refractivity contribution in [2.75, 3.05) is 35.3 Å². The molecule has 1 nitrogen and oxygen atoms in total. The van der Waals surface area contributed by atoms with Crippen LogP contribution in [0.2, 0.25) is 0 Å². The summed E-state index contributed by atoms with van der Waals surface area (Å²) in [5, 5.41) is 20.5. The van der Waals surface area contributed by atoms with Gasteiger partial charge in [-0.3, -0.25) is 0 Å². The molecule has 0 spiro atoms. The molecule has 0 N–H and O–H groups in total. The van der Waals surface area contributed by atoms with E-state index in [0.29, 0.717) is 5.56 Å². The molecular formula is C61H57BCl5F5NP4Re-3. The number of alkyl halides is 4. The fourth-order valence-corrected chi connectivity index (χ4v) is 18.2. The number of rotatable bonds is 15. The molecule has 1 radical (unpaired) electrons. The number of halogens is 10. The summed E-state index contributed by atoms with van der Waals surface area (Å²) in [6.45, 7) is 0. The van der Waals surface area contributed by atoms with E-state index in [9.17, 15) is 21.7 Å². The minimum Gasteiger partial charge on any atom is -1.00 e. The maximum atomic E-state index is 12.1. The quantitative estimate of drug-likeness (QED) is 0.0321. The van der Waals surface area contributed by atoms with Crippen molar-refractivity contribution in [2.45, 2.75) is 0 Å². The van der Waals surface area contributed by atoms with Gasteiger partial charge in [0.2, 0.25) is 0 Å². The molecule has 0 bridgehead atoms. The number of hydrogen-bond donors (Lipinski definition) is 0. The van der Waals surface area contributed by atoms with Crippen molar-refractivity contribution in [1.82, 2.24) is 0 Å². The van der Waals surface area contributed by atoms with Crippen molar-refractivity contribution >= 4 is 134 Å². The monoisotopic (exact) mass is 1400 g/mol. The van der Waals surface area contributed by atoms with Crippen LogP contribution in [-0.2, 0) is 20.4 Å². The molecule has 0 aromatic heterocycles. The second-order valence-electron chi connectivity index (χ2n) is 15.7. The van der Waals surface area contributed by atoms with Gasteiger partial charge in [0.15, 0.2) is 0 Å². The summed E-state index contributed by atoms with van der Waals surface area (Å²) >= 11 is 19.1. The van der Waals surface area contributed by atoms with Gasteiger partial charge in [-0.25, -0.2) is 4.39 Å². The minimum atomic E-state index is -6.00. The molecule has 0 unspecified atom stereocenters. The fourth-order valence-electron chi connectivity index (χ4n) is 7.44. The summed E-state index contributed by atoms with van der Waals surface area (Å²) in [5.74, 6) is -0.291. The second kappa shape index (κ2) is 42.1. The van der Waals surface area contributed by atoms with Crippen LogP contribution in [0.5, 0.6) is 0 Å². The average molecular weight is 1400 g/mol. The predicted molar refractivity (Wildman–Crippen MR) is 334 cm³/mol. The summed E-state index contributed by atoms with van der Waals surface area (Å²) in [6.07, 6.45) is 5.76. The van der Waals surface area contributed by atoms with Crippen LogP contribution in [0.4, 0.5) is 21.7 Å². The number of nitrogens with zero attached hydrogens (tertiary/aromatic N) is 1. The van der Waals surface area contributed by atoms with Gasteiger partial charge in [0.1, 0.15) is 5.82 Å². The van der Waals surface area contributed by atoms with E-state index in [1.807, 2.05) is 0 Å². The van der Waals surface area contributed by atoms with E-state index in [-0.39, 0.29) is 81.0 Å². The van der Waals surface area contributed by atoms with Crippen LogP contribution in [0.15, 0.2) is 267 Å². The van der Waals surface area contributed by atoms with Gasteiger partial charge < -0.3 is 35.1 Å². The third-order valence-electron chi connectivity index (χ3n) is 10.7. The van der Waals surface area contributed by atoms with Crippen molar-refractivity contribution in [2.24, 2.45) is 0 Å². The largest absolute Gasteiger partial charge is 1.00 e. The molecule has 0 atom stereocenters. The fraction of sp³-hybridized carbons (Fsp3) is 0.0984. The average Bonchev–Trinajstić information content (AvgIpc) is 3.46. The first-order valence-corrected chi connectivity index (χ1v) is 32.1. The molecular weight excluding hydrogens is 1340 g/mol. The van der Waals surface area contributed by atoms with Gasteiger partial charge in [0.25, 0.3) is 0 Å². The summed E-state index contributed by atoms with van der Waals surface area (Å²) in [4.78, 5) is 0. The van der Waals surface area contributed by atoms with E-state index >= 15 is 0 Å². The Labute approximate surface area is 503 Å². The molecule has 0 aliphatic carbocycles. The van der Waals surface area contributed by atoms with Crippen LogP contribution in [-0.4, -0.2) is 48.8 Å². The molecule has 0 heterocycles. The van der Waals surface area contributed by atoms with Crippen molar-refractivity contribution < 1.29 is 54.5 Å². The van der Waals surface area contributed by atoms with E-state index in [4.69, 9.17) is 51.8 Å². The summed E-state index contributed by atoms with van der Waals surface area (Å²) < 4.78 is 51.1. The SMILES string of the molecule is ClCCl.ClCCl.F[B-](F)(F)F.[Cl-].[N-]=Cc1ccc(F)cc1.[Re].c1ccc(P(CCP(c2ccccc2)c2ccccc2)c2ccccc2)cc1.c1ccc(P(CCP(c2ccccc2)c2ccccc2)c2ccccc2)cc1. The summed E-state index contributed by atoms with van der Waals surface area (Å²) in [5.41, 5.74) is 0.608. The predicted octanol–water partition coefficient (Wildman–Crippen LogP) is 13.5. The van der Waals surface area contributed by atoms with Crippen molar-refractivity contribution in [3.8, 4) is 0 Å². The van der Waals surface area contributed by atoms with Gasteiger partial charge >= 0.3 is 7.25 Å². The molecule has 9 aromatic carbocycles. The molecule has 9 aromatic rings.